The molecule has 0 N–H and O–H groups in total. The summed E-state index contributed by atoms with van der Waals surface area (Å²) in [4.78, 5) is 0. The quantitative estimate of drug-likeness (QED) is 0.178. The second-order valence-corrected chi connectivity index (χ2v) is 8.68. The minimum atomic E-state index is 1.29. The van der Waals surface area contributed by atoms with Gasteiger partial charge in [0.15, 0.2) is 0 Å². The van der Waals surface area contributed by atoms with Gasteiger partial charge in [0.2, 0.25) is 0 Å². The molecule has 7 aromatic rings. The van der Waals surface area contributed by atoms with Crippen molar-refractivity contribution in [2.24, 2.45) is 0 Å². The van der Waals surface area contributed by atoms with E-state index in [1.54, 1.807) is 0 Å². The van der Waals surface area contributed by atoms with Gasteiger partial charge in [-0.2, -0.15) is 0 Å². The van der Waals surface area contributed by atoms with E-state index in [1.165, 1.54) is 70.2 Å². The average molecular weight is 393 g/mol. The predicted octanol–water partition coefficient (Wildman–Crippen LogP) is 8.91. The van der Waals surface area contributed by atoms with Gasteiger partial charge >= 0.3 is 0 Å². The Morgan fingerprint density at radius 2 is 0.677 bits per heavy atom. The molecule has 0 unspecified atom stereocenters. The molecule has 0 spiro atoms. The molecule has 0 fully saturated rings. The summed E-state index contributed by atoms with van der Waals surface area (Å²) in [5.41, 5.74) is 1.33. The Labute approximate surface area is 180 Å². The molecule has 0 heterocycles. The van der Waals surface area contributed by atoms with E-state index in [-0.39, 0.29) is 0 Å². The first-order valence-corrected chi connectivity index (χ1v) is 10.9. The summed E-state index contributed by atoms with van der Waals surface area (Å²) in [6, 6.07) is 38.3. The van der Waals surface area contributed by atoms with Gasteiger partial charge < -0.3 is 0 Å². The highest BCUT2D eigenvalue weighted by atomic mass is 14.2. The van der Waals surface area contributed by atoms with Crippen LogP contribution < -0.4 is 0 Å². The Kier molecular flexibility index (Phi) is 3.29. The minimum Gasteiger partial charge on any atom is -0.0616 e. The molecule has 0 amide bonds. The third kappa shape index (κ3) is 2.36. The fraction of sp³-hybridized carbons (Fsp3) is 0.0323. The van der Waals surface area contributed by atoms with Crippen LogP contribution in [-0.4, -0.2) is 0 Å². The molecule has 0 bridgehead atoms. The van der Waals surface area contributed by atoms with Crippen LogP contribution in [0.4, 0.5) is 0 Å². The monoisotopic (exact) mass is 392 g/mol. The predicted molar refractivity (Wildman–Crippen MR) is 136 cm³/mol. The second kappa shape index (κ2) is 6.06. The van der Waals surface area contributed by atoms with Crippen molar-refractivity contribution in [3.05, 3.63) is 109 Å². The number of rotatable bonds is 0. The first-order chi connectivity index (χ1) is 15.3. The first kappa shape index (κ1) is 16.8. The lowest BCUT2D eigenvalue weighted by atomic mass is 9.89. The van der Waals surface area contributed by atoms with E-state index in [0.29, 0.717) is 0 Å². The van der Waals surface area contributed by atoms with Crippen LogP contribution in [0.1, 0.15) is 5.56 Å². The van der Waals surface area contributed by atoms with Gasteiger partial charge in [0.1, 0.15) is 0 Å². The average Bonchev–Trinajstić information content (AvgIpc) is 2.81. The molecule has 0 nitrogen and oxygen atoms in total. The molecule has 7 aromatic carbocycles. The SMILES string of the molecule is Cc1cccc2cc3c4cc5ccccc5cc4c4cc5ccccc5cc4c3cc12. The van der Waals surface area contributed by atoms with E-state index < -0.39 is 0 Å². The molecule has 0 radical (unpaired) electrons. The number of benzene rings is 7. The second-order valence-electron chi connectivity index (χ2n) is 8.68. The molecule has 0 aliphatic heterocycles. The summed E-state index contributed by atoms with van der Waals surface area (Å²) in [5, 5.41) is 15.8. The van der Waals surface area contributed by atoms with Crippen molar-refractivity contribution in [3.8, 4) is 0 Å². The summed E-state index contributed by atoms with van der Waals surface area (Å²) in [7, 11) is 0. The summed E-state index contributed by atoms with van der Waals surface area (Å²) in [5.74, 6) is 0. The zero-order valence-electron chi connectivity index (χ0n) is 17.3. The van der Waals surface area contributed by atoms with Crippen LogP contribution in [0, 0.1) is 6.92 Å². The van der Waals surface area contributed by atoms with Crippen molar-refractivity contribution >= 4 is 64.6 Å². The van der Waals surface area contributed by atoms with Crippen LogP contribution in [0.25, 0.3) is 64.6 Å². The third-order valence-electron chi connectivity index (χ3n) is 6.88. The van der Waals surface area contributed by atoms with Crippen molar-refractivity contribution in [2.75, 3.05) is 0 Å². The van der Waals surface area contributed by atoms with E-state index in [1.807, 2.05) is 0 Å². The molecule has 0 aromatic heterocycles. The maximum Gasteiger partial charge on any atom is -0.00922 e. The maximum atomic E-state index is 2.41. The topological polar surface area (TPSA) is 0 Å². The molecule has 7 rings (SSSR count). The van der Waals surface area contributed by atoms with E-state index in [0.717, 1.165) is 0 Å². The van der Waals surface area contributed by atoms with Crippen LogP contribution in [-0.2, 0) is 0 Å². The molecule has 0 saturated heterocycles. The van der Waals surface area contributed by atoms with E-state index in [9.17, 15) is 0 Å². The Hall–Kier alpha value is -3.90. The van der Waals surface area contributed by atoms with Crippen molar-refractivity contribution < 1.29 is 0 Å². The van der Waals surface area contributed by atoms with Crippen molar-refractivity contribution in [1.82, 2.24) is 0 Å². The number of fused-ring (bicyclic) bond motifs is 9. The molecular formula is C31H20. The summed E-state index contributed by atoms with van der Waals surface area (Å²) < 4.78 is 0. The standard InChI is InChI=1S/C31H20/c1-19-7-6-12-24-17-30-28-15-22-10-3-2-8-20(22)13-26(28)27-14-21-9-4-5-11-23(21)16-29(27)31(30)18-25(19)24/h2-18H,1H3. The van der Waals surface area contributed by atoms with Crippen LogP contribution in [0.3, 0.4) is 0 Å². The number of hydrogen-bond acceptors (Lipinski definition) is 0. The summed E-state index contributed by atoms with van der Waals surface area (Å²) >= 11 is 0. The van der Waals surface area contributed by atoms with Gasteiger partial charge in [-0.15, -0.1) is 0 Å². The van der Waals surface area contributed by atoms with Gasteiger partial charge in [0.05, 0.1) is 0 Å². The lowest BCUT2D eigenvalue weighted by Gasteiger charge is -2.15. The summed E-state index contributed by atoms with van der Waals surface area (Å²) in [6.07, 6.45) is 0. The minimum absolute atomic E-state index is 1.29. The molecule has 0 heteroatoms. The first-order valence-electron chi connectivity index (χ1n) is 10.9. The Bertz CT molecular complexity index is 1790. The number of hydrogen-bond donors (Lipinski definition) is 0. The van der Waals surface area contributed by atoms with Crippen LogP contribution >= 0.6 is 0 Å². The van der Waals surface area contributed by atoms with Gasteiger partial charge in [0, 0.05) is 0 Å². The van der Waals surface area contributed by atoms with Crippen molar-refractivity contribution in [1.29, 1.82) is 0 Å². The molecule has 0 aliphatic carbocycles. The van der Waals surface area contributed by atoms with Gasteiger partial charge in [-0.05, 0) is 114 Å². The smallest absolute Gasteiger partial charge is 0.00922 e. The van der Waals surface area contributed by atoms with E-state index >= 15 is 0 Å². The fourth-order valence-corrected chi connectivity index (χ4v) is 5.30. The van der Waals surface area contributed by atoms with Crippen LogP contribution in [0.2, 0.25) is 0 Å². The lowest BCUT2D eigenvalue weighted by molar-refractivity contribution is 1.54. The largest absolute Gasteiger partial charge is 0.0616 e. The third-order valence-corrected chi connectivity index (χ3v) is 6.88. The fourth-order valence-electron chi connectivity index (χ4n) is 5.30. The van der Waals surface area contributed by atoms with Crippen molar-refractivity contribution in [2.45, 2.75) is 6.92 Å². The Morgan fingerprint density at radius 3 is 1.13 bits per heavy atom. The molecule has 0 saturated carbocycles. The lowest BCUT2D eigenvalue weighted by Crippen LogP contribution is -1.87. The molecule has 144 valence electrons. The van der Waals surface area contributed by atoms with Crippen LogP contribution in [0.15, 0.2) is 103 Å². The molecule has 31 heavy (non-hydrogen) atoms. The molecule has 0 aliphatic rings. The Balaban J connectivity index is 1.82. The zero-order valence-corrected chi connectivity index (χ0v) is 17.3. The van der Waals surface area contributed by atoms with E-state index in [2.05, 4.69) is 110 Å². The van der Waals surface area contributed by atoms with Gasteiger partial charge in [-0.25, -0.2) is 0 Å². The molecular weight excluding hydrogens is 372 g/mol. The summed E-state index contributed by atoms with van der Waals surface area (Å²) in [6.45, 7) is 2.21. The van der Waals surface area contributed by atoms with Gasteiger partial charge in [-0.3, -0.25) is 0 Å². The highest BCUT2D eigenvalue weighted by Gasteiger charge is 2.12. The van der Waals surface area contributed by atoms with Gasteiger partial charge in [-0.1, -0.05) is 66.7 Å². The van der Waals surface area contributed by atoms with Gasteiger partial charge in [0.25, 0.3) is 0 Å². The normalized spacial score (nSPS) is 12.0. The van der Waals surface area contributed by atoms with Crippen molar-refractivity contribution in [3.63, 3.8) is 0 Å². The Morgan fingerprint density at radius 1 is 0.323 bits per heavy atom. The highest BCUT2D eigenvalue weighted by Crippen LogP contribution is 2.40. The zero-order chi connectivity index (χ0) is 20.5. The van der Waals surface area contributed by atoms with Crippen LogP contribution in [0.5, 0.6) is 0 Å². The molecule has 0 atom stereocenters. The highest BCUT2D eigenvalue weighted by molar-refractivity contribution is 6.30. The van der Waals surface area contributed by atoms with E-state index in [4.69, 9.17) is 0 Å². The maximum absolute atomic E-state index is 2.41. The number of aryl methyl sites for hydroxylation is 1.